The first-order valence-electron chi connectivity index (χ1n) is 6.07. The number of hydrogen-bond donors (Lipinski definition) is 1. The molecule has 2 atom stereocenters. The SMILES string of the molecule is COC1CCN(C(CN)c2cc(Cl)ccc2F)C1. The maximum Gasteiger partial charge on any atom is 0.128 e. The molecule has 0 aromatic heterocycles. The van der Waals surface area contributed by atoms with Gasteiger partial charge in [-0.3, -0.25) is 4.90 Å². The van der Waals surface area contributed by atoms with Gasteiger partial charge in [-0.05, 0) is 24.6 Å². The molecular formula is C13H18ClFN2O. The van der Waals surface area contributed by atoms with Crippen molar-refractivity contribution in [2.24, 2.45) is 5.73 Å². The number of rotatable bonds is 4. The summed E-state index contributed by atoms with van der Waals surface area (Å²) in [6, 6.07) is 4.47. The quantitative estimate of drug-likeness (QED) is 0.913. The maximum atomic E-state index is 13.9. The Morgan fingerprint density at radius 3 is 3.00 bits per heavy atom. The van der Waals surface area contributed by atoms with Crippen molar-refractivity contribution in [2.75, 3.05) is 26.7 Å². The van der Waals surface area contributed by atoms with Crippen LogP contribution in [-0.2, 0) is 4.74 Å². The van der Waals surface area contributed by atoms with Gasteiger partial charge in [0.05, 0.1) is 12.1 Å². The van der Waals surface area contributed by atoms with Crippen LogP contribution in [0.5, 0.6) is 0 Å². The van der Waals surface area contributed by atoms with Crippen molar-refractivity contribution >= 4 is 11.6 Å². The fourth-order valence-electron chi connectivity index (χ4n) is 2.47. The van der Waals surface area contributed by atoms with Crippen molar-refractivity contribution < 1.29 is 9.13 Å². The van der Waals surface area contributed by atoms with Crippen LogP contribution in [0.4, 0.5) is 4.39 Å². The first-order chi connectivity index (χ1) is 8.65. The summed E-state index contributed by atoms with van der Waals surface area (Å²) in [4.78, 5) is 2.16. The van der Waals surface area contributed by atoms with E-state index in [9.17, 15) is 4.39 Å². The molecule has 2 unspecified atom stereocenters. The lowest BCUT2D eigenvalue weighted by Crippen LogP contribution is -2.33. The van der Waals surface area contributed by atoms with Crippen molar-refractivity contribution in [3.8, 4) is 0 Å². The van der Waals surface area contributed by atoms with Gasteiger partial charge in [0.1, 0.15) is 5.82 Å². The highest BCUT2D eigenvalue weighted by molar-refractivity contribution is 6.30. The van der Waals surface area contributed by atoms with Crippen LogP contribution in [0, 0.1) is 5.82 Å². The highest BCUT2D eigenvalue weighted by Crippen LogP contribution is 2.28. The summed E-state index contributed by atoms with van der Waals surface area (Å²) >= 11 is 5.93. The number of benzene rings is 1. The number of hydrogen-bond acceptors (Lipinski definition) is 3. The minimum absolute atomic E-state index is 0.135. The summed E-state index contributed by atoms with van der Waals surface area (Å²) < 4.78 is 19.2. The molecule has 0 radical (unpaired) electrons. The third kappa shape index (κ3) is 2.83. The van der Waals surface area contributed by atoms with E-state index < -0.39 is 0 Å². The van der Waals surface area contributed by atoms with E-state index >= 15 is 0 Å². The summed E-state index contributed by atoms with van der Waals surface area (Å²) in [5, 5.41) is 0.535. The molecular weight excluding hydrogens is 255 g/mol. The number of halogens is 2. The van der Waals surface area contributed by atoms with E-state index in [-0.39, 0.29) is 18.0 Å². The Hall–Kier alpha value is -0.680. The van der Waals surface area contributed by atoms with Crippen LogP contribution in [0.1, 0.15) is 18.0 Å². The van der Waals surface area contributed by atoms with Crippen LogP contribution in [0.25, 0.3) is 0 Å². The van der Waals surface area contributed by atoms with Gasteiger partial charge in [0.15, 0.2) is 0 Å². The Morgan fingerprint density at radius 2 is 2.39 bits per heavy atom. The molecule has 0 bridgehead atoms. The van der Waals surface area contributed by atoms with Gasteiger partial charge < -0.3 is 10.5 Å². The van der Waals surface area contributed by atoms with Crippen molar-refractivity contribution in [1.29, 1.82) is 0 Å². The number of ether oxygens (including phenoxy) is 1. The Morgan fingerprint density at radius 1 is 1.61 bits per heavy atom. The first-order valence-corrected chi connectivity index (χ1v) is 6.45. The van der Waals surface area contributed by atoms with Crippen molar-refractivity contribution in [3.05, 3.63) is 34.6 Å². The van der Waals surface area contributed by atoms with Gasteiger partial charge >= 0.3 is 0 Å². The van der Waals surface area contributed by atoms with E-state index in [1.165, 1.54) is 6.07 Å². The summed E-state index contributed by atoms with van der Waals surface area (Å²) in [6.45, 7) is 2.02. The zero-order valence-electron chi connectivity index (χ0n) is 10.4. The molecule has 1 heterocycles. The Bertz CT molecular complexity index is 416. The fourth-order valence-corrected chi connectivity index (χ4v) is 2.65. The van der Waals surface area contributed by atoms with E-state index in [0.29, 0.717) is 17.1 Å². The van der Waals surface area contributed by atoms with Crippen LogP contribution < -0.4 is 5.73 Å². The van der Waals surface area contributed by atoms with Crippen LogP contribution in [0.3, 0.4) is 0 Å². The van der Waals surface area contributed by atoms with Crippen LogP contribution in [0.15, 0.2) is 18.2 Å². The third-order valence-electron chi connectivity index (χ3n) is 3.49. The summed E-state index contributed by atoms with van der Waals surface area (Å²) in [5.41, 5.74) is 6.37. The van der Waals surface area contributed by atoms with Crippen LogP contribution >= 0.6 is 11.6 Å². The molecule has 1 aliphatic rings. The lowest BCUT2D eigenvalue weighted by atomic mass is 10.1. The summed E-state index contributed by atoms with van der Waals surface area (Å²) in [6.07, 6.45) is 1.16. The monoisotopic (exact) mass is 272 g/mol. The van der Waals surface area contributed by atoms with E-state index in [2.05, 4.69) is 4.90 Å². The molecule has 18 heavy (non-hydrogen) atoms. The highest BCUT2D eigenvalue weighted by atomic mass is 35.5. The minimum atomic E-state index is -0.254. The second-order valence-corrected chi connectivity index (χ2v) is 5.00. The molecule has 3 nitrogen and oxygen atoms in total. The van der Waals surface area contributed by atoms with Crippen molar-refractivity contribution in [1.82, 2.24) is 4.90 Å². The average Bonchev–Trinajstić information content (AvgIpc) is 2.83. The fraction of sp³-hybridized carbons (Fsp3) is 0.538. The Labute approximate surface area is 112 Å². The lowest BCUT2D eigenvalue weighted by molar-refractivity contribution is 0.101. The summed E-state index contributed by atoms with van der Waals surface area (Å²) in [7, 11) is 1.70. The van der Waals surface area contributed by atoms with Gasteiger partial charge in [0, 0.05) is 37.3 Å². The van der Waals surface area contributed by atoms with Gasteiger partial charge in [-0.2, -0.15) is 0 Å². The van der Waals surface area contributed by atoms with Crippen molar-refractivity contribution in [2.45, 2.75) is 18.6 Å². The maximum absolute atomic E-state index is 13.9. The molecule has 0 amide bonds. The molecule has 0 spiro atoms. The molecule has 5 heteroatoms. The normalized spacial score (nSPS) is 22.3. The van der Waals surface area contributed by atoms with E-state index in [4.69, 9.17) is 22.1 Å². The largest absolute Gasteiger partial charge is 0.380 e. The Balaban J connectivity index is 2.20. The minimum Gasteiger partial charge on any atom is -0.380 e. The molecule has 0 aliphatic carbocycles. The number of nitrogens with zero attached hydrogens (tertiary/aromatic N) is 1. The molecule has 1 aromatic rings. The van der Waals surface area contributed by atoms with Gasteiger partial charge in [0.25, 0.3) is 0 Å². The average molecular weight is 273 g/mol. The molecule has 1 aliphatic heterocycles. The first kappa shape index (κ1) is 13.7. The van der Waals surface area contributed by atoms with Crippen LogP contribution in [0.2, 0.25) is 5.02 Å². The second kappa shape index (κ2) is 5.97. The predicted molar refractivity (Wildman–Crippen MR) is 70.2 cm³/mol. The standard InChI is InChI=1S/C13H18ClFN2O/c1-18-10-4-5-17(8-10)13(7-16)11-6-9(14)2-3-12(11)15/h2-3,6,10,13H,4-5,7-8,16H2,1H3. The highest BCUT2D eigenvalue weighted by Gasteiger charge is 2.29. The molecule has 1 aromatic carbocycles. The molecule has 1 saturated heterocycles. The number of nitrogens with two attached hydrogens (primary N) is 1. The van der Waals surface area contributed by atoms with E-state index in [0.717, 1.165) is 19.5 Å². The molecule has 1 fully saturated rings. The molecule has 2 N–H and O–H groups in total. The molecule has 2 rings (SSSR count). The molecule has 100 valence electrons. The van der Waals surface area contributed by atoms with Gasteiger partial charge in [-0.15, -0.1) is 0 Å². The second-order valence-electron chi connectivity index (χ2n) is 4.56. The zero-order chi connectivity index (χ0) is 13.1. The van der Waals surface area contributed by atoms with Crippen molar-refractivity contribution in [3.63, 3.8) is 0 Å². The third-order valence-corrected chi connectivity index (χ3v) is 3.73. The van der Waals surface area contributed by atoms with Gasteiger partial charge in [-0.1, -0.05) is 11.6 Å². The van der Waals surface area contributed by atoms with E-state index in [1.54, 1.807) is 19.2 Å². The molecule has 0 saturated carbocycles. The Kier molecular flexibility index (Phi) is 4.56. The summed E-state index contributed by atoms with van der Waals surface area (Å²) in [5.74, 6) is -0.254. The topological polar surface area (TPSA) is 38.5 Å². The number of methoxy groups -OCH3 is 1. The zero-order valence-corrected chi connectivity index (χ0v) is 11.2. The lowest BCUT2D eigenvalue weighted by Gasteiger charge is -2.27. The van der Waals surface area contributed by atoms with Gasteiger partial charge in [0.2, 0.25) is 0 Å². The van der Waals surface area contributed by atoms with Gasteiger partial charge in [-0.25, -0.2) is 4.39 Å². The van der Waals surface area contributed by atoms with Crippen LogP contribution in [-0.4, -0.2) is 37.7 Å². The van der Waals surface area contributed by atoms with E-state index in [1.807, 2.05) is 0 Å². The number of likely N-dealkylation sites (tertiary alicyclic amines) is 1. The smallest absolute Gasteiger partial charge is 0.128 e. The predicted octanol–water partition coefficient (Wildman–Crippen LogP) is 2.20.